The van der Waals surface area contributed by atoms with Gasteiger partial charge in [0.1, 0.15) is 0 Å². The first-order valence-corrected chi connectivity index (χ1v) is 7.54. The van der Waals surface area contributed by atoms with Crippen LogP contribution in [0.5, 0.6) is 11.5 Å². The molecule has 2 unspecified atom stereocenters. The van der Waals surface area contributed by atoms with Gasteiger partial charge >= 0.3 is 0 Å². The Hall–Kier alpha value is -1.42. The van der Waals surface area contributed by atoms with Crippen LogP contribution in [-0.2, 0) is 0 Å². The van der Waals surface area contributed by atoms with Crippen molar-refractivity contribution in [3.63, 3.8) is 0 Å². The lowest BCUT2D eigenvalue weighted by molar-refractivity contribution is -0.0431. The van der Waals surface area contributed by atoms with Crippen LogP contribution in [0.2, 0.25) is 0 Å². The molecule has 0 aliphatic carbocycles. The van der Waals surface area contributed by atoms with E-state index in [0.29, 0.717) is 12.1 Å². The van der Waals surface area contributed by atoms with Crippen molar-refractivity contribution in [1.82, 2.24) is 5.32 Å². The van der Waals surface area contributed by atoms with Crippen LogP contribution in [0.1, 0.15) is 40.0 Å². The smallest absolute Gasteiger partial charge is 0.246 e. The molecule has 3 rings (SSSR count). The minimum absolute atomic E-state index is 0.444. The quantitative estimate of drug-likeness (QED) is 0.886. The molecule has 2 atom stereocenters. The van der Waals surface area contributed by atoms with Crippen LogP contribution in [0.15, 0.2) is 18.2 Å². The van der Waals surface area contributed by atoms with E-state index in [-0.39, 0.29) is 0 Å². The van der Waals surface area contributed by atoms with Crippen LogP contribution in [0.25, 0.3) is 0 Å². The van der Waals surface area contributed by atoms with Gasteiger partial charge in [0.05, 0.1) is 0 Å². The molecule has 1 saturated heterocycles. The SMILES string of the molecule is CC(CC1CCCN1)Nc1ccc2c(c1)OC(C)(C)O2. The fourth-order valence-corrected chi connectivity index (χ4v) is 3.04. The van der Waals surface area contributed by atoms with E-state index in [1.165, 1.54) is 12.8 Å². The zero-order valence-corrected chi connectivity index (χ0v) is 12.5. The van der Waals surface area contributed by atoms with E-state index >= 15 is 0 Å². The molecule has 1 fully saturated rings. The summed E-state index contributed by atoms with van der Waals surface area (Å²) in [6.45, 7) is 7.24. The van der Waals surface area contributed by atoms with E-state index in [1.54, 1.807) is 0 Å². The number of anilines is 1. The third-order valence-electron chi connectivity index (χ3n) is 3.87. The predicted octanol–water partition coefficient (Wildman–Crippen LogP) is 3.14. The molecule has 1 aromatic rings. The molecule has 2 aliphatic rings. The van der Waals surface area contributed by atoms with Crippen LogP contribution < -0.4 is 20.1 Å². The van der Waals surface area contributed by atoms with E-state index in [1.807, 2.05) is 26.0 Å². The van der Waals surface area contributed by atoms with Gasteiger partial charge in [-0.05, 0) is 44.9 Å². The largest absolute Gasteiger partial charge is 0.449 e. The van der Waals surface area contributed by atoms with Crippen LogP contribution in [0, 0.1) is 0 Å². The summed E-state index contributed by atoms with van der Waals surface area (Å²) in [7, 11) is 0. The third-order valence-corrected chi connectivity index (χ3v) is 3.87. The monoisotopic (exact) mass is 276 g/mol. The van der Waals surface area contributed by atoms with Gasteiger partial charge in [0, 0.05) is 37.7 Å². The number of benzene rings is 1. The molecule has 4 nitrogen and oxygen atoms in total. The maximum atomic E-state index is 5.78. The Labute approximate surface area is 120 Å². The van der Waals surface area contributed by atoms with Gasteiger partial charge in [0.15, 0.2) is 11.5 Å². The van der Waals surface area contributed by atoms with Crippen molar-refractivity contribution < 1.29 is 9.47 Å². The Bertz CT molecular complexity index is 481. The molecule has 1 aromatic carbocycles. The lowest BCUT2D eigenvalue weighted by atomic mass is 10.1. The van der Waals surface area contributed by atoms with Crippen LogP contribution in [0.3, 0.4) is 0 Å². The van der Waals surface area contributed by atoms with Gasteiger partial charge in [-0.15, -0.1) is 0 Å². The standard InChI is InChI=1S/C16H24N2O2/c1-11(9-12-5-4-8-17-12)18-13-6-7-14-15(10-13)20-16(2,3)19-14/h6-7,10-12,17-18H,4-5,8-9H2,1-3H3. The number of ether oxygens (including phenoxy) is 2. The summed E-state index contributed by atoms with van der Waals surface area (Å²) in [5.41, 5.74) is 1.09. The summed E-state index contributed by atoms with van der Waals surface area (Å²) in [4.78, 5) is 0. The van der Waals surface area contributed by atoms with Gasteiger partial charge in [-0.2, -0.15) is 0 Å². The van der Waals surface area contributed by atoms with Crippen molar-refractivity contribution in [2.45, 2.75) is 57.9 Å². The molecule has 4 heteroatoms. The minimum atomic E-state index is -0.555. The Morgan fingerprint density at radius 3 is 2.90 bits per heavy atom. The Morgan fingerprint density at radius 1 is 1.35 bits per heavy atom. The molecular weight excluding hydrogens is 252 g/mol. The molecule has 0 amide bonds. The number of rotatable bonds is 4. The van der Waals surface area contributed by atoms with Crippen LogP contribution in [-0.4, -0.2) is 24.4 Å². The molecule has 0 spiro atoms. The molecule has 0 saturated carbocycles. The molecule has 0 radical (unpaired) electrons. The van der Waals surface area contributed by atoms with Gasteiger partial charge < -0.3 is 20.1 Å². The highest BCUT2D eigenvalue weighted by molar-refractivity contribution is 5.56. The van der Waals surface area contributed by atoms with Crippen molar-refractivity contribution in [2.75, 3.05) is 11.9 Å². The first kappa shape index (κ1) is 13.6. The maximum absolute atomic E-state index is 5.78. The van der Waals surface area contributed by atoms with Gasteiger partial charge in [-0.1, -0.05) is 0 Å². The van der Waals surface area contributed by atoms with Crippen molar-refractivity contribution in [3.8, 4) is 11.5 Å². The maximum Gasteiger partial charge on any atom is 0.246 e. The highest BCUT2D eigenvalue weighted by Crippen LogP contribution is 2.40. The minimum Gasteiger partial charge on any atom is -0.449 e. The summed E-state index contributed by atoms with van der Waals surface area (Å²) in [6.07, 6.45) is 3.75. The van der Waals surface area contributed by atoms with E-state index < -0.39 is 5.79 Å². The Balaban J connectivity index is 1.61. The Kier molecular flexibility index (Phi) is 3.50. The summed E-state index contributed by atoms with van der Waals surface area (Å²) in [6, 6.07) is 7.17. The number of fused-ring (bicyclic) bond motifs is 1. The normalized spacial score (nSPS) is 24.6. The number of hydrogen-bond donors (Lipinski definition) is 2. The first-order chi connectivity index (χ1) is 9.52. The topological polar surface area (TPSA) is 42.5 Å². The number of hydrogen-bond acceptors (Lipinski definition) is 4. The highest BCUT2D eigenvalue weighted by Gasteiger charge is 2.31. The molecule has 2 aliphatic heterocycles. The summed E-state index contributed by atoms with van der Waals surface area (Å²) in [5.74, 6) is 1.09. The molecule has 110 valence electrons. The second-order valence-corrected chi connectivity index (χ2v) is 6.34. The summed E-state index contributed by atoms with van der Waals surface area (Å²) < 4.78 is 11.5. The Morgan fingerprint density at radius 2 is 2.15 bits per heavy atom. The van der Waals surface area contributed by atoms with Crippen LogP contribution in [0.4, 0.5) is 5.69 Å². The molecule has 0 aromatic heterocycles. The average molecular weight is 276 g/mol. The third kappa shape index (κ3) is 3.01. The summed E-state index contributed by atoms with van der Waals surface area (Å²) in [5, 5.41) is 7.09. The average Bonchev–Trinajstić information content (AvgIpc) is 2.94. The zero-order chi connectivity index (χ0) is 14.2. The van der Waals surface area contributed by atoms with E-state index in [9.17, 15) is 0 Å². The molecule has 2 heterocycles. The predicted molar refractivity (Wildman–Crippen MR) is 80.5 cm³/mol. The van der Waals surface area contributed by atoms with Crippen molar-refractivity contribution in [3.05, 3.63) is 18.2 Å². The van der Waals surface area contributed by atoms with E-state index in [2.05, 4.69) is 23.6 Å². The second-order valence-electron chi connectivity index (χ2n) is 6.34. The number of nitrogens with one attached hydrogen (secondary N) is 2. The van der Waals surface area contributed by atoms with E-state index in [4.69, 9.17) is 9.47 Å². The zero-order valence-electron chi connectivity index (χ0n) is 12.5. The lowest BCUT2D eigenvalue weighted by Crippen LogP contribution is -2.29. The first-order valence-electron chi connectivity index (χ1n) is 7.54. The van der Waals surface area contributed by atoms with Crippen molar-refractivity contribution >= 4 is 5.69 Å². The summed E-state index contributed by atoms with van der Waals surface area (Å²) >= 11 is 0. The van der Waals surface area contributed by atoms with E-state index in [0.717, 1.165) is 30.2 Å². The highest BCUT2D eigenvalue weighted by atomic mass is 16.7. The second kappa shape index (κ2) is 5.17. The van der Waals surface area contributed by atoms with Gasteiger partial charge in [0.25, 0.3) is 0 Å². The fourth-order valence-electron chi connectivity index (χ4n) is 3.04. The van der Waals surface area contributed by atoms with Gasteiger partial charge in [0.2, 0.25) is 5.79 Å². The molecule has 20 heavy (non-hydrogen) atoms. The fraction of sp³-hybridized carbons (Fsp3) is 0.625. The van der Waals surface area contributed by atoms with Gasteiger partial charge in [-0.25, -0.2) is 0 Å². The van der Waals surface area contributed by atoms with Crippen molar-refractivity contribution in [2.24, 2.45) is 0 Å². The van der Waals surface area contributed by atoms with Crippen LogP contribution >= 0.6 is 0 Å². The lowest BCUT2D eigenvalue weighted by Gasteiger charge is -2.19. The molecule has 0 bridgehead atoms. The van der Waals surface area contributed by atoms with Crippen molar-refractivity contribution in [1.29, 1.82) is 0 Å². The molecular formula is C16H24N2O2. The molecule has 2 N–H and O–H groups in total. The van der Waals surface area contributed by atoms with Gasteiger partial charge in [-0.3, -0.25) is 0 Å².